The largest absolute Gasteiger partial charge is 0.461 e. The first-order valence-electron chi connectivity index (χ1n) is 9.52. The molecule has 1 saturated heterocycles. The fourth-order valence-corrected chi connectivity index (χ4v) is 5.45. The number of rotatable bonds is 4. The van der Waals surface area contributed by atoms with Crippen LogP contribution in [0.5, 0.6) is 0 Å². The predicted molar refractivity (Wildman–Crippen MR) is 111 cm³/mol. The number of carbonyl (C=O) groups is 2. The average Bonchev–Trinajstić information content (AvgIpc) is 3.31. The molecule has 0 spiro atoms. The van der Waals surface area contributed by atoms with E-state index in [2.05, 4.69) is 14.7 Å². The summed E-state index contributed by atoms with van der Waals surface area (Å²) in [6.45, 7) is 2.93. The van der Waals surface area contributed by atoms with Gasteiger partial charge in [0.05, 0.1) is 12.5 Å². The molecule has 4 rings (SSSR count). The number of esters is 1. The molecule has 0 bridgehead atoms. The lowest BCUT2D eigenvalue weighted by Crippen LogP contribution is -2.43. The van der Waals surface area contributed by atoms with Crippen molar-refractivity contribution < 1.29 is 22.7 Å². The Morgan fingerprint density at radius 2 is 2.13 bits per heavy atom. The molecule has 158 valence electrons. The number of fused-ring (bicyclic) bond motifs is 1. The number of aromatic nitrogens is 1. The van der Waals surface area contributed by atoms with Crippen molar-refractivity contribution in [1.82, 2.24) is 9.88 Å². The van der Waals surface area contributed by atoms with Gasteiger partial charge in [-0.25, -0.2) is 9.78 Å². The first kappa shape index (κ1) is 20.5. The fraction of sp³-hybridized carbons (Fsp3) is 0.368. The van der Waals surface area contributed by atoms with Crippen LogP contribution >= 0.6 is 11.3 Å². The Bertz CT molecular complexity index is 1130. The minimum atomic E-state index is -3.71. The maximum Gasteiger partial charge on any atom is 0.357 e. The summed E-state index contributed by atoms with van der Waals surface area (Å²) in [6, 6.07) is 6.71. The van der Waals surface area contributed by atoms with Crippen LogP contribution in [0, 0.1) is 5.92 Å². The third-order valence-corrected chi connectivity index (χ3v) is 7.01. The Kier molecular flexibility index (Phi) is 5.56. The molecule has 9 nitrogen and oxygen atoms in total. The standard InChI is InChI=1S/C19H20N4O5S2/c1-2-28-18(25)14-11-29-19(20-14)21-17(24)12-6-5-9-23(10-12)16-13-7-3-4-8-15(13)30(26,27)22-16/h3-4,7-8,11-12H,2,5-6,9-10H2,1H3,(H,20,21,24). The number of carbonyl (C=O) groups excluding carboxylic acids is 2. The number of piperidine rings is 1. The highest BCUT2D eigenvalue weighted by atomic mass is 32.2. The first-order chi connectivity index (χ1) is 14.4. The lowest BCUT2D eigenvalue weighted by molar-refractivity contribution is -0.121. The molecule has 1 aromatic heterocycles. The van der Waals surface area contributed by atoms with Crippen LogP contribution in [0.3, 0.4) is 0 Å². The first-order valence-corrected chi connectivity index (χ1v) is 11.8. The van der Waals surface area contributed by atoms with Crippen LogP contribution in [0.1, 0.15) is 35.8 Å². The molecule has 1 atom stereocenters. The zero-order valence-corrected chi connectivity index (χ0v) is 17.8. The van der Waals surface area contributed by atoms with E-state index in [4.69, 9.17) is 4.74 Å². The molecule has 2 aliphatic heterocycles. The summed E-state index contributed by atoms with van der Waals surface area (Å²) < 4.78 is 33.5. The van der Waals surface area contributed by atoms with E-state index in [1.165, 1.54) is 5.38 Å². The molecule has 0 aliphatic carbocycles. The number of nitrogens with one attached hydrogen (secondary N) is 1. The van der Waals surface area contributed by atoms with E-state index in [9.17, 15) is 18.0 Å². The van der Waals surface area contributed by atoms with Crippen molar-refractivity contribution in [3.05, 3.63) is 40.9 Å². The fourth-order valence-electron chi connectivity index (χ4n) is 3.54. The summed E-state index contributed by atoms with van der Waals surface area (Å²) in [6.07, 6.45) is 1.39. The molecular weight excluding hydrogens is 428 g/mol. The second kappa shape index (κ2) is 8.15. The number of ether oxygens (including phenoxy) is 1. The predicted octanol–water partition coefficient (Wildman–Crippen LogP) is 2.12. The van der Waals surface area contributed by atoms with E-state index in [0.717, 1.165) is 17.8 Å². The summed E-state index contributed by atoms with van der Waals surface area (Å²) in [5.41, 5.74) is 0.724. The van der Waals surface area contributed by atoms with Crippen molar-refractivity contribution in [1.29, 1.82) is 0 Å². The van der Waals surface area contributed by atoms with Crippen LogP contribution in [0.25, 0.3) is 0 Å². The van der Waals surface area contributed by atoms with E-state index in [-0.39, 0.29) is 29.0 Å². The second-order valence-electron chi connectivity index (χ2n) is 6.92. The van der Waals surface area contributed by atoms with Crippen LogP contribution in [-0.4, -0.2) is 55.7 Å². The molecule has 1 fully saturated rings. The molecular formula is C19H20N4O5S2. The zero-order chi connectivity index (χ0) is 21.3. The van der Waals surface area contributed by atoms with Gasteiger partial charge in [-0.2, -0.15) is 8.42 Å². The molecule has 1 N–H and O–H groups in total. The van der Waals surface area contributed by atoms with Crippen molar-refractivity contribution in [2.45, 2.75) is 24.7 Å². The molecule has 11 heteroatoms. The van der Waals surface area contributed by atoms with E-state index in [1.54, 1.807) is 31.2 Å². The quantitative estimate of drug-likeness (QED) is 0.712. The van der Waals surface area contributed by atoms with Gasteiger partial charge in [-0.1, -0.05) is 12.1 Å². The van der Waals surface area contributed by atoms with Gasteiger partial charge in [-0.3, -0.25) is 4.79 Å². The number of hydrogen-bond donors (Lipinski definition) is 1. The number of hydrogen-bond acceptors (Lipinski definition) is 8. The zero-order valence-electron chi connectivity index (χ0n) is 16.2. The van der Waals surface area contributed by atoms with E-state index >= 15 is 0 Å². The van der Waals surface area contributed by atoms with Crippen LogP contribution in [0.15, 0.2) is 38.9 Å². The summed E-state index contributed by atoms with van der Waals surface area (Å²) >= 11 is 1.15. The number of thiazole rings is 1. The van der Waals surface area contributed by atoms with Crippen molar-refractivity contribution in [3.63, 3.8) is 0 Å². The Morgan fingerprint density at radius 1 is 1.33 bits per heavy atom. The highest BCUT2D eigenvalue weighted by molar-refractivity contribution is 7.90. The topological polar surface area (TPSA) is 118 Å². The van der Waals surface area contributed by atoms with E-state index in [1.807, 2.05) is 4.90 Å². The minimum Gasteiger partial charge on any atom is -0.461 e. The van der Waals surface area contributed by atoms with Gasteiger partial charge < -0.3 is 15.0 Å². The highest BCUT2D eigenvalue weighted by Gasteiger charge is 2.35. The summed E-state index contributed by atoms with van der Waals surface area (Å²) in [7, 11) is -3.71. The van der Waals surface area contributed by atoms with Gasteiger partial charge in [0.2, 0.25) is 5.91 Å². The maximum atomic E-state index is 12.8. The summed E-state index contributed by atoms with van der Waals surface area (Å²) in [5, 5.41) is 4.61. The highest BCUT2D eigenvalue weighted by Crippen LogP contribution is 2.30. The van der Waals surface area contributed by atoms with Crippen molar-refractivity contribution in [2.75, 3.05) is 25.0 Å². The van der Waals surface area contributed by atoms with Crippen molar-refractivity contribution in [2.24, 2.45) is 10.3 Å². The van der Waals surface area contributed by atoms with Gasteiger partial charge in [0.15, 0.2) is 16.7 Å². The Balaban J connectivity index is 1.46. The molecule has 1 aromatic carbocycles. The van der Waals surface area contributed by atoms with E-state index < -0.39 is 16.0 Å². The minimum absolute atomic E-state index is 0.157. The van der Waals surface area contributed by atoms with Crippen LogP contribution < -0.4 is 5.32 Å². The second-order valence-corrected chi connectivity index (χ2v) is 9.35. The molecule has 0 radical (unpaired) electrons. The number of nitrogens with zero attached hydrogens (tertiary/aromatic N) is 3. The lowest BCUT2D eigenvalue weighted by atomic mass is 9.96. The monoisotopic (exact) mass is 448 g/mol. The molecule has 1 unspecified atom stereocenters. The van der Waals surface area contributed by atoms with Gasteiger partial charge in [-0.05, 0) is 31.9 Å². The molecule has 1 amide bonds. The summed E-state index contributed by atoms with van der Waals surface area (Å²) in [5.74, 6) is -0.717. The number of anilines is 1. The smallest absolute Gasteiger partial charge is 0.357 e. The number of likely N-dealkylation sites (tertiary alicyclic amines) is 1. The molecule has 3 heterocycles. The number of sulfonamides is 1. The van der Waals surface area contributed by atoms with Gasteiger partial charge in [-0.15, -0.1) is 15.7 Å². The summed E-state index contributed by atoms with van der Waals surface area (Å²) in [4.78, 5) is 30.6. The Morgan fingerprint density at radius 3 is 2.93 bits per heavy atom. The molecule has 30 heavy (non-hydrogen) atoms. The van der Waals surface area contributed by atoms with Gasteiger partial charge in [0, 0.05) is 24.0 Å². The van der Waals surface area contributed by atoms with Gasteiger partial charge in [0.1, 0.15) is 4.90 Å². The third-order valence-electron chi connectivity index (χ3n) is 4.92. The maximum absolute atomic E-state index is 12.8. The van der Waals surface area contributed by atoms with E-state index in [0.29, 0.717) is 36.0 Å². The van der Waals surface area contributed by atoms with Crippen LogP contribution in [-0.2, 0) is 19.6 Å². The molecule has 2 aliphatic rings. The lowest BCUT2D eigenvalue weighted by Gasteiger charge is -2.33. The number of amides is 1. The molecule has 0 saturated carbocycles. The average molecular weight is 449 g/mol. The third kappa shape index (κ3) is 3.94. The van der Waals surface area contributed by atoms with Crippen molar-refractivity contribution in [3.8, 4) is 0 Å². The van der Waals surface area contributed by atoms with Gasteiger partial charge in [0.25, 0.3) is 10.0 Å². The molecule has 2 aromatic rings. The number of amidine groups is 1. The van der Waals surface area contributed by atoms with Crippen molar-refractivity contribution >= 4 is 44.2 Å². The normalized spacial score (nSPS) is 19.7. The SMILES string of the molecule is CCOC(=O)c1csc(NC(=O)C2CCCN(C3=NS(=O)(=O)c4ccccc43)C2)n1. The number of benzene rings is 1. The Hall–Kier alpha value is -2.79. The van der Waals surface area contributed by atoms with Crippen LogP contribution in [0.4, 0.5) is 5.13 Å². The van der Waals surface area contributed by atoms with Gasteiger partial charge >= 0.3 is 5.97 Å². The van der Waals surface area contributed by atoms with Crippen LogP contribution in [0.2, 0.25) is 0 Å². The Labute approximate surface area is 177 Å².